The van der Waals surface area contributed by atoms with E-state index in [1.165, 1.54) is 12.7 Å². The number of fused-ring (bicyclic) bond motifs is 1. The average Bonchev–Trinajstić information content (AvgIpc) is 2.36. The quantitative estimate of drug-likeness (QED) is 0.521. The van der Waals surface area contributed by atoms with E-state index < -0.39 is 0 Å². The molecule has 0 amide bonds. The van der Waals surface area contributed by atoms with Gasteiger partial charge in [0.15, 0.2) is 11.2 Å². The van der Waals surface area contributed by atoms with Crippen molar-refractivity contribution in [2.24, 2.45) is 0 Å². The summed E-state index contributed by atoms with van der Waals surface area (Å²) in [6.45, 7) is 0. The summed E-state index contributed by atoms with van der Waals surface area (Å²) >= 11 is 0. The van der Waals surface area contributed by atoms with Crippen molar-refractivity contribution in [2.45, 2.75) is 0 Å². The van der Waals surface area contributed by atoms with Crippen molar-refractivity contribution in [1.29, 1.82) is 0 Å². The second-order valence-electron chi connectivity index (χ2n) is 1.83. The number of nitrogens with one attached hydrogen (secondary N) is 2. The van der Waals surface area contributed by atoms with Crippen LogP contribution in [0.15, 0.2) is 17.4 Å². The summed E-state index contributed by atoms with van der Waals surface area (Å²) in [4.78, 5) is 23.6. The molecule has 0 aliphatic rings. The first-order valence-electron chi connectivity index (χ1n) is 2.75. The summed E-state index contributed by atoms with van der Waals surface area (Å²) in [6, 6.07) is 0. The van der Waals surface area contributed by atoms with Gasteiger partial charge < -0.3 is 9.97 Å². The molecule has 2 heterocycles. The van der Waals surface area contributed by atoms with Crippen LogP contribution < -0.4 is 5.56 Å². The molecule has 0 saturated heterocycles. The van der Waals surface area contributed by atoms with E-state index in [9.17, 15) is 4.79 Å². The van der Waals surface area contributed by atoms with Gasteiger partial charge in [-0.3, -0.25) is 4.79 Å². The number of aromatic nitrogens is 4. The van der Waals surface area contributed by atoms with Gasteiger partial charge in [-0.2, -0.15) is 0 Å². The molecule has 0 bridgehead atoms. The van der Waals surface area contributed by atoms with Gasteiger partial charge in [0.2, 0.25) is 0 Å². The van der Waals surface area contributed by atoms with Crippen LogP contribution in [-0.4, -0.2) is 19.9 Å². The number of hydrogen-bond acceptors (Lipinski definition) is 3. The minimum absolute atomic E-state index is 0.192. The van der Waals surface area contributed by atoms with E-state index in [4.69, 9.17) is 0 Å². The van der Waals surface area contributed by atoms with E-state index >= 15 is 0 Å². The molecule has 5 heteroatoms. The van der Waals surface area contributed by atoms with Crippen molar-refractivity contribution in [1.82, 2.24) is 19.9 Å². The molecule has 50 valence electrons. The first-order chi connectivity index (χ1) is 4.88. The Morgan fingerprint density at radius 2 is 1.90 bits per heavy atom. The van der Waals surface area contributed by atoms with E-state index in [1.807, 2.05) is 0 Å². The number of imidazole rings is 1. The van der Waals surface area contributed by atoms with Crippen molar-refractivity contribution in [3.63, 3.8) is 0 Å². The zero-order valence-corrected chi connectivity index (χ0v) is 4.96. The lowest BCUT2D eigenvalue weighted by Gasteiger charge is -1.81. The lowest BCUT2D eigenvalue weighted by Crippen LogP contribution is -2.05. The van der Waals surface area contributed by atoms with E-state index in [0.29, 0.717) is 11.2 Å². The highest BCUT2D eigenvalue weighted by Gasteiger charge is 1.97. The van der Waals surface area contributed by atoms with Gasteiger partial charge in [0.1, 0.15) is 0 Å². The summed E-state index contributed by atoms with van der Waals surface area (Å²) < 4.78 is 0. The van der Waals surface area contributed by atoms with Gasteiger partial charge in [-0.25, -0.2) is 9.97 Å². The molecule has 0 aliphatic heterocycles. The first-order valence-corrected chi connectivity index (χ1v) is 2.75. The number of aromatic amines is 2. The van der Waals surface area contributed by atoms with Crippen molar-refractivity contribution < 1.29 is 0 Å². The fraction of sp³-hybridized carbons (Fsp3) is 0. The Labute approximate surface area is 55.1 Å². The molecule has 2 aromatic heterocycles. The van der Waals surface area contributed by atoms with Crippen LogP contribution in [0.3, 0.4) is 0 Å². The van der Waals surface area contributed by atoms with Crippen LogP contribution in [0.5, 0.6) is 0 Å². The second kappa shape index (κ2) is 1.66. The molecule has 5 nitrogen and oxygen atoms in total. The maximum absolute atomic E-state index is 10.9. The van der Waals surface area contributed by atoms with Crippen molar-refractivity contribution in [2.75, 3.05) is 0 Å². The van der Waals surface area contributed by atoms with Gasteiger partial charge in [0.25, 0.3) is 5.56 Å². The Morgan fingerprint density at radius 1 is 1.20 bits per heavy atom. The molecule has 2 rings (SSSR count). The molecular weight excluding hydrogens is 133 g/mol. The SMILES string of the molecule is O=c1[nH]c[15n]c2nc[nH]c12. The highest BCUT2D eigenvalue weighted by molar-refractivity contribution is 5.67. The van der Waals surface area contributed by atoms with Crippen LogP contribution in [-0.2, 0) is 0 Å². The Morgan fingerprint density at radius 3 is 2.60 bits per heavy atom. The molecule has 10 heavy (non-hydrogen) atoms. The minimum Gasteiger partial charge on any atom is -0.339 e. The van der Waals surface area contributed by atoms with Crippen molar-refractivity contribution in [3.05, 3.63) is 23.0 Å². The van der Waals surface area contributed by atoms with E-state index in [-0.39, 0.29) is 5.56 Å². The van der Waals surface area contributed by atoms with Crippen LogP contribution in [0.4, 0.5) is 0 Å². The molecule has 0 fully saturated rings. The third-order valence-electron chi connectivity index (χ3n) is 1.23. The van der Waals surface area contributed by atoms with E-state index in [1.54, 1.807) is 0 Å². The van der Waals surface area contributed by atoms with Gasteiger partial charge in [-0.15, -0.1) is 0 Å². The molecule has 2 aromatic rings. The Balaban J connectivity index is 3.09. The van der Waals surface area contributed by atoms with Crippen molar-refractivity contribution >= 4 is 11.2 Å². The van der Waals surface area contributed by atoms with E-state index in [0.717, 1.165) is 0 Å². The number of rotatable bonds is 0. The first kappa shape index (κ1) is 5.16. The number of H-pyrrole nitrogens is 2. The second-order valence-corrected chi connectivity index (χ2v) is 1.83. The van der Waals surface area contributed by atoms with Crippen LogP contribution in [0.1, 0.15) is 0 Å². The van der Waals surface area contributed by atoms with Gasteiger partial charge in [0.05, 0.1) is 12.7 Å². The summed E-state index contributed by atoms with van der Waals surface area (Å²) in [7, 11) is 0. The third-order valence-corrected chi connectivity index (χ3v) is 1.23. The molecule has 0 spiro atoms. The standard InChI is InChI=1S/C5H4N4O/c10-5-3-4(7-1-6-3)8-2-9-5/h1-2H,(H2,6,7,8,9,10)/i8+1. The molecule has 0 aromatic carbocycles. The van der Waals surface area contributed by atoms with Crippen LogP contribution in [0.25, 0.3) is 11.2 Å². The lowest BCUT2D eigenvalue weighted by molar-refractivity contribution is 1.15. The maximum Gasteiger partial charge on any atom is 0.276 e. The normalized spacial score (nSPS) is 10.4. The summed E-state index contributed by atoms with van der Waals surface area (Å²) in [6.07, 6.45) is 2.76. The zero-order chi connectivity index (χ0) is 6.97. The summed E-state index contributed by atoms with van der Waals surface area (Å²) in [5.74, 6) is 0. The van der Waals surface area contributed by atoms with Crippen LogP contribution >= 0.6 is 0 Å². The molecule has 0 aliphatic carbocycles. The Kier molecular flexibility index (Phi) is 0.858. The predicted octanol–water partition coefficient (Wildman–Crippen LogP) is -0.354. The Hall–Kier alpha value is -1.65. The molecular formula is C5H4N4O. The van der Waals surface area contributed by atoms with Crippen molar-refractivity contribution in [3.8, 4) is 0 Å². The minimum atomic E-state index is -0.192. The fourth-order valence-electron chi connectivity index (χ4n) is 0.776. The number of hydrogen-bond donors (Lipinski definition) is 2. The topological polar surface area (TPSA) is 74.4 Å². The lowest BCUT2D eigenvalue weighted by atomic mass is 10.6. The average molecular weight is 137 g/mol. The summed E-state index contributed by atoms with van der Waals surface area (Å²) in [5, 5.41) is 0. The fourth-order valence-corrected chi connectivity index (χ4v) is 0.776. The predicted molar refractivity (Wildman–Crippen MR) is 34.5 cm³/mol. The molecule has 0 atom stereocenters. The third kappa shape index (κ3) is 0.540. The monoisotopic (exact) mass is 137 g/mol. The molecule has 0 unspecified atom stereocenters. The largest absolute Gasteiger partial charge is 0.339 e. The highest BCUT2D eigenvalue weighted by atomic mass is 16.1. The van der Waals surface area contributed by atoms with Gasteiger partial charge >= 0.3 is 0 Å². The van der Waals surface area contributed by atoms with Gasteiger partial charge in [-0.05, 0) is 0 Å². The zero-order valence-electron chi connectivity index (χ0n) is 4.96. The van der Waals surface area contributed by atoms with Crippen LogP contribution in [0, 0.1) is 0 Å². The number of nitrogens with zero attached hydrogens (tertiary/aromatic N) is 2. The highest BCUT2D eigenvalue weighted by Crippen LogP contribution is 1.94. The smallest absolute Gasteiger partial charge is 0.276 e. The molecule has 2 N–H and O–H groups in total. The summed E-state index contributed by atoms with van der Waals surface area (Å²) in [5.41, 5.74) is 0.675. The maximum atomic E-state index is 10.9. The van der Waals surface area contributed by atoms with Crippen LogP contribution in [0.2, 0.25) is 0 Å². The van der Waals surface area contributed by atoms with E-state index in [2.05, 4.69) is 19.9 Å². The Bertz CT molecular complexity index is 401. The van der Waals surface area contributed by atoms with Gasteiger partial charge in [0, 0.05) is 0 Å². The van der Waals surface area contributed by atoms with Gasteiger partial charge in [-0.1, -0.05) is 0 Å². The molecule has 0 saturated carbocycles. The molecule has 0 radical (unpaired) electrons.